The lowest BCUT2D eigenvalue weighted by Crippen LogP contribution is -2.39. The molecule has 3 aliphatic heterocycles. The molecule has 2 aromatic carbocycles. The largest absolute Gasteiger partial charge is 0.462 e. The number of benzene rings is 2. The Morgan fingerprint density at radius 2 is 1.82 bits per heavy atom. The van der Waals surface area contributed by atoms with Gasteiger partial charge in [-0.15, -0.1) is 0 Å². The predicted molar refractivity (Wildman–Crippen MR) is 176 cm³/mol. The summed E-state index contributed by atoms with van der Waals surface area (Å²) >= 11 is 0. The minimum Gasteiger partial charge on any atom is -0.462 e. The summed E-state index contributed by atoms with van der Waals surface area (Å²) in [4.78, 5) is 26.8. The van der Waals surface area contributed by atoms with Crippen molar-refractivity contribution in [3.63, 3.8) is 0 Å². The fourth-order valence-corrected chi connectivity index (χ4v) is 7.17. The van der Waals surface area contributed by atoms with E-state index < -0.39 is 0 Å². The lowest BCUT2D eigenvalue weighted by molar-refractivity contribution is 0.174. The van der Waals surface area contributed by atoms with E-state index in [0.29, 0.717) is 25.3 Å². The number of anilines is 2. The molecular formula is C35H45N7O2. The summed E-state index contributed by atoms with van der Waals surface area (Å²) in [6.07, 6.45) is 7.35. The molecule has 3 aromatic rings. The van der Waals surface area contributed by atoms with Gasteiger partial charge >= 0.3 is 6.01 Å². The van der Waals surface area contributed by atoms with Crippen molar-refractivity contribution in [2.75, 3.05) is 63.4 Å². The number of nitrogens with zero attached hydrogens (tertiary/aromatic N) is 7. The van der Waals surface area contributed by atoms with Gasteiger partial charge in [-0.2, -0.15) is 9.97 Å². The van der Waals surface area contributed by atoms with E-state index in [1.165, 1.54) is 34.0 Å². The molecule has 9 heteroatoms. The summed E-state index contributed by atoms with van der Waals surface area (Å²) in [6, 6.07) is 17.4. The molecule has 0 unspecified atom stereocenters. The molecule has 3 fully saturated rings. The molecule has 1 aliphatic carbocycles. The van der Waals surface area contributed by atoms with Crippen molar-refractivity contribution < 1.29 is 9.47 Å². The van der Waals surface area contributed by atoms with Gasteiger partial charge in [0.2, 0.25) is 0 Å². The van der Waals surface area contributed by atoms with Crippen LogP contribution < -0.4 is 14.5 Å². The van der Waals surface area contributed by atoms with E-state index >= 15 is 0 Å². The Kier molecular flexibility index (Phi) is 8.27. The summed E-state index contributed by atoms with van der Waals surface area (Å²) in [5.41, 5.74) is 4.87. The van der Waals surface area contributed by atoms with Gasteiger partial charge in [-0.1, -0.05) is 30.3 Å². The van der Waals surface area contributed by atoms with Gasteiger partial charge in [0.05, 0.1) is 36.4 Å². The first kappa shape index (κ1) is 29.2. The Morgan fingerprint density at radius 3 is 2.57 bits per heavy atom. The van der Waals surface area contributed by atoms with E-state index in [4.69, 9.17) is 24.4 Å². The van der Waals surface area contributed by atoms with Crippen molar-refractivity contribution >= 4 is 28.3 Å². The fourth-order valence-electron chi connectivity index (χ4n) is 7.17. The average Bonchev–Trinajstić information content (AvgIpc) is 3.68. The Morgan fingerprint density at radius 1 is 1.00 bits per heavy atom. The van der Waals surface area contributed by atoms with Gasteiger partial charge in [-0.05, 0) is 82.5 Å². The zero-order chi connectivity index (χ0) is 30.1. The molecule has 44 heavy (non-hydrogen) atoms. The van der Waals surface area contributed by atoms with Crippen molar-refractivity contribution in [3.05, 3.63) is 53.2 Å². The van der Waals surface area contributed by atoms with Gasteiger partial charge < -0.3 is 24.2 Å². The molecule has 4 heterocycles. The van der Waals surface area contributed by atoms with Gasteiger partial charge in [-0.3, -0.25) is 0 Å². The zero-order valence-corrected chi connectivity index (χ0v) is 26.5. The van der Waals surface area contributed by atoms with Crippen LogP contribution in [0, 0.1) is 6.92 Å². The quantitative estimate of drug-likeness (QED) is 0.311. The van der Waals surface area contributed by atoms with Gasteiger partial charge in [-0.25, -0.2) is 9.98 Å². The van der Waals surface area contributed by atoms with Crippen LogP contribution in [0.5, 0.6) is 6.01 Å². The van der Waals surface area contributed by atoms with Crippen LogP contribution >= 0.6 is 0 Å². The third kappa shape index (κ3) is 6.06. The van der Waals surface area contributed by atoms with Gasteiger partial charge in [0, 0.05) is 49.4 Å². The normalized spacial score (nSPS) is 21.7. The van der Waals surface area contributed by atoms with Crippen molar-refractivity contribution in [1.82, 2.24) is 14.9 Å². The molecule has 1 aromatic heterocycles. The molecule has 0 radical (unpaired) electrons. The Bertz CT molecular complexity index is 1550. The number of rotatable bonds is 9. The second-order valence-corrected chi connectivity index (χ2v) is 13.2. The number of ether oxygens (including phenoxy) is 2. The van der Waals surface area contributed by atoms with E-state index in [2.05, 4.69) is 76.1 Å². The first-order chi connectivity index (χ1) is 21.5. The lowest BCUT2D eigenvalue weighted by atomic mass is 9.99. The van der Waals surface area contributed by atoms with Crippen molar-refractivity contribution in [3.8, 4) is 6.01 Å². The number of hydrogen-bond acceptors (Lipinski definition) is 9. The number of methoxy groups -OCH3 is 1. The summed E-state index contributed by atoms with van der Waals surface area (Å²) in [7, 11) is 3.92. The number of piperidine rings is 1. The molecule has 232 valence electrons. The van der Waals surface area contributed by atoms with Crippen molar-refractivity contribution in [2.45, 2.75) is 76.0 Å². The smallest absolute Gasteiger partial charge is 0.318 e. The number of fused-ring (bicyclic) bond motifs is 2. The molecule has 0 spiro atoms. The van der Waals surface area contributed by atoms with E-state index in [9.17, 15) is 0 Å². The highest BCUT2D eigenvalue weighted by Crippen LogP contribution is 2.39. The molecule has 1 saturated carbocycles. The maximum atomic E-state index is 6.36. The van der Waals surface area contributed by atoms with Gasteiger partial charge in [0.1, 0.15) is 12.4 Å². The fraction of sp³-hybridized carbons (Fsp3) is 0.571. The van der Waals surface area contributed by atoms with Crippen LogP contribution in [-0.2, 0) is 17.7 Å². The monoisotopic (exact) mass is 595 g/mol. The van der Waals surface area contributed by atoms with Crippen molar-refractivity contribution in [1.29, 1.82) is 0 Å². The third-order valence-corrected chi connectivity index (χ3v) is 10.1. The minimum absolute atomic E-state index is 0.0682. The summed E-state index contributed by atoms with van der Waals surface area (Å²) < 4.78 is 11.7. The van der Waals surface area contributed by atoms with E-state index in [-0.39, 0.29) is 11.6 Å². The third-order valence-electron chi connectivity index (χ3n) is 10.1. The van der Waals surface area contributed by atoms with Crippen molar-refractivity contribution in [2.24, 2.45) is 9.98 Å². The molecule has 0 bridgehead atoms. The van der Waals surface area contributed by atoms with Crippen LogP contribution in [0.25, 0.3) is 10.8 Å². The molecule has 1 atom stereocenters. The first-order valence-corrected chi connectivity index (χ1v) is 16.4. The first-order valence-electron chi connectivity index (χ1n) is 16.4. The molecule has 2 saturated heterocycles. The van der Waals surface area contributed by atoms with Crippen LogP contribution in [0.3, 0.4) is 0 Å². The number of hydrogen-bond donors (Lipinski definition) is 0. The number of likely N-dealkylation sites (tertiary alicyclic amines) is 1. The van der Waals surface area contributed by atoms with Crippen LogP contribution in [0.2, 0.25) is 0 Å². The second-order valence-electron chi connectivity index (χ2n) is 13.2. The highest BCUT2D eigenvalue weighted by atomic mass is 16.5. The number of aryl methyl sites for hydroxylation is 1. The lowest BCUT2D eigenvalue weighted by Gasteiger charge is -2.36. The summed E-state index contributed by atoms with van der Waals surface area (Å²) in [5.74, 6) is 1.05. The highest BCUT2D eigenvalue weighted by molar-refractivity contribution is 5.97. The highest BCUT2D eigenvalue weighted by Gasteiger charge is 2.42. The predicted octanol–water partition coefficient (Wildman–Crippen LogP) is 5.30. The second kappa shape index (κ2) is 12.5. The maximum Gasteiger partial charge on any atom is 0.318 e. The van der Waals surface area contributed by atoms with Crippen LogP contribution in [-0.4, -0.2) is 92.0 Å². The molecule has 7 rings (SSSR count). The van der Waals surface area contributed by atoms with Crippen LogP contribution in [0.4, 0.5) is 11.5 Å². The van der Waals surface area contributed by atoms with Crippen LogP contribution in [0.15, 0.2) is 46.4 Å². The van der Waals surface area contributed by atoms with E-state index in [1.54, 1.807) is 7.11 Å². The van der Waals surface area contributed by atoms with Crippen LogP contribution in [0.1, 0.15) is 55.3 Å². The van der Waals surface area contributed by atoms with Gasteiger partial charge in [0.15, 0.2) is 0 Å². The molecule has 0 amide bonds. The van der Waals surface area contributed by atoms with Gasteiger partial charge in [0.25, 0.3) is 0 Å². The number of aromatic nitrogens is 2. The Balaban J connectivity index is 1.13. The number of aliphatic imine (C=N–C) groups is 2. The maximum absolute atomic E-state index is 6.36. The SMILES string of the molecule is COCC1(N=C=NC2CCN(c3nc(OC[C@@H]4CCCN4C)nc4c3CCN(c3cccc5cccc(C)c35)C4)CC2)CC1. The number of likely N-dealkylation sites (N-methyl/N-ethyl adjacent to an activating group) is 1. The summed E-state index contributed by atoms with van der Waals surface area (Å²) in [5, 5.41) is 2.61. The average molecular weight is 596 g/mol. The topological polar surface area (TPSA) is 78.7 Å². The zero-order valence-electron chi connectivity index (χ0n) is 26.5. The minimum atomic E-state index is -0.0682. The van der Waals surface area contributed by atoms with E-state index in [0.717, 1.165) is 82.8 Å². The molecule has 9 nitrogen and oxygen atoms in total. The summed E-state index contributed by atoms with van der Waals surface area (Å²) in [6.45, 7) is 8.10. The standard InChI is InChI=1S/C35H45N7O2/c1-25-7-4-8-26-9-5-11-31(32(25)26)42-20-14-29-30(21-42)38-34(44-22-28-10-6-17-40(28)2)39-33(29)41-18-12-27(13-19-41)36-24-37-35(15-16-35)23-43-3/h4-5,7-9,11,27-28H,6,10,12-23H2,1-3H3/t28-/m0/s1. The Labute approximate surface area is 261 Å². The molecule has 0 N–H and O–H groups in total. The van der Waals surface area contributed by atoms with E-state index in [1.807, 2.05) is 0 Å². The molecule has 4 aliphatic rings. The molecular weight excluding hydrogens is 550 g/mol. The Hall–Kier alpha value is -3.52.